The SMILES string of the molecule is CCCN1CCC(NC(=O)Cc2ccccc2[N+](=O)[O-])CC1. The van der Waals surface area contributed by atoms with E-state index in [0.29, 0.717) is 5.56 Å². The lowest BCUT2D eigenvalue weighted by atomic mass is 10.0. The summed E-state index contributed by atoms with van der Waals surface area (Å²) in [5.74, 6) is -0.136. The first-order valence-electron chi connectivity index (χ1n) is 7.84. The van der Waals surface area contributed by atoms with Crippen molar-refractivity contribution in [3.8, 4) is 0 Å². The molecule has 2 rings (SSSR count). The molecular formula is C16H23N3O3. The van der Waals surface area contributed by atoms with Crippen molar-refractivity contribution < 1.29 is 9.72 Å². The van der Waals surface area contributed by atoms with E-state index in [4.69, 9.17) is 0 Å². The van der Waals surface area contributed by atoms with Crippen molar-refractivity contribution in [2.24, 2.45) is 0 Å². The van der Waals surface area contributed by atoms with Gasteiger partial charge in [0, 0.05) is 30.8 Å². The second kappa shape index (κ2) is 7.89. The molecule has 1 fully saturated rings. The predicted molar refractivity (Wildman–Crippen MR) is 84.7 cm³/mol. The van der Waals surface area contributed by atoms with Gasteiger partial charge in [-0.05, 0) is 25.8 Å². The first-order chi connectivity index (χ1) is 10.6. The second-order valence-electron chi connectivity index (χ2n) is 5.75. The fourth-order valence-electron chi connectivity index (χ4n) is 2.91. The van der Waals surface area contributed by atoms with E-state index in [2.05, 4.69) is 17.1 Å². The van der Waals surface area contributed by atoms with E-state index in [1.165, 1.54) is 6.07 Å². The Labute approximate surface area is 130 Å². The average molecular weight is 305 g/mol. The summed E-state index contributed by atoms with van der Waals surface area (Å²) in [7, 11) is 0. The van der Waals surface area contributed by atoms with Gasteiger partial charge in [0.15, 0.2) is 0 Å². The fraction of sp³-hybridized carbons (Fsp3) is 0.562. The number of nitro groups is 1. The summed E-state index contributed by atoms with van der Waals surface area (Å²) in [4.78, 5) is 25.0. The van der Waals surface area contributed by atoms with Gasteiger partial charge in [0.05, 0.1) is 11.3 Å². The minimum atomic E-state index is -0.439. The molecule has 6 nitrogen and oxygen atoms in total. The fourth-order valence-corrected chi connectivity index (χ4v) is 2.91. The van der Waals surface area contributed by atoms with Crippen LogP contribution >= 0.6 is 0 Å². The highest BCUT2D eigenvalue weighted by atomic mass is 16.6. The van der Waals surface area contributed by atoms with E-state index < -0.39 is 4.92 Å². The summed E-state index contributed by atoms with van der Waals surface area (Å²) in [6, 6.07) is 6.60. The molecule has 1 aromatic rings. The molecule has 1 aliphatic heterocycles. The molecule has 6 heteroatoms. The predicted octanol–water partition coefficient (Wildman–Crippen LogP) is 2.13. The number of carbonyl (C=O) groups excluding carboxylic acids is 1. The van der Waals surface area contributed by atoms with Crippen LogP contribution in [0.2, 0.25) is 0 Å². The Balaban J connectivity index is 1.85. The van der Waals surface area contributed by atoms with E-state index >= 15 is 0 Å². The number of piperidine rings is 1. The van der Waals surface area contributed by atoms with Gasteiger partial charge in [0.1, 0.15) is 0 Å². The van der Waals surface area contributed by atoms with E-state index in [-0.39, 0.29) is 24.1 Å². The Bertz CT molecular complexity index is 525. The maximum Gasteiger partial charge on any atom is 0.273 e. The maximum absolute atomic E-state index is 12.1. The van der Waals surface area contributed by atoms with Crippen LogP contribution in [0.5, 0.6) is 0 Å². The lowest BCUT2D eigenvalue weighted by molar-refractivity contribution is -0.385. The minimum absolute atomic E-state index is 0.00964. The van der Waals surface area contributed by atoms with Crippen molar-refractivity contribution in [2.45, 2.75) is 38.6 Å². The van der Waals surface area contributed by atoms with Gasteiger partial charge in [0.2, 0.25) is 5.91 Å². The van der Waals surface area contributed by atoms with Crippen LogP contribution in [0.3, 0.4) is 0 Å². The van der Waals surface area contributed by atoms with Crippen LogP contribution in [-0.2, 0) is 11.2 Å². The third-order valence-electron chi connectivity index (χ3n) is 4.03. The number of hydrogen-bond donors (Lipinski definition) is 1. The van der Waals surface area contributed by atoms with Crippen LogP contribution < -0.4 is 5.32 Å². The van der Waals surface area contributed by atoms with Crippen LogP contribution in [0.15, 0.2) is 24.3 Å². The minimum Gasteiger partial charge on any atom is -0.353 e. The van der Waals surface area contributed by atoms with Crippen LogP contribution in [-0.4, -0.2) is 41.4 Å². The van der Waals surface area contributed by atoms with E-state index in [9.17, 15) is 14.9 Å². The van der Waals surface area contributed by atoms with E-state index in [0.717, 1.165) is 38.9 Å². The topological polar surface area (TPSA) is 75.5 Å². The lowest BCUT2D eigenvalue weighted by Gasteiger charge is -2.32. The van der Waals surface area contributed by atoms with Gasteiger partial charge in [-0.15, -0.1) is 0 Å². The molecule has 0 spiro atoms. The van der Waals surface area contributed by atoms with Gasteiger partial charge in [-0.3, -0.25) is 14.9 Å². The number of amides is 1. The molecule has 0 aliphatic carbocycles. The summed E-state index contributed by atoms with van der Waals surface area (Å²) in [5, 5.41) is 14.0. The zero-order valence-corrected chi connectivity index (χ0v) is 13.0. The van der Waals surface area contributed by atoms with Crippen LogP contribution in [0.4, 0.5) is 5.69 Å². The van der Waals surface area contributed by atoms with Crippen molar-refractivity contribution in [1.29, 1.82) is 0 Å². The second-order valence-corrected chi connectivity index (χ2v) is 5.75. The third-order valence-corrected chi connectivity index (χ3v) is 4.03. The van der Waals surface area contributed by atoms with Gasteiger partial charge in [-0.1, -0.05) is 25.1 Å². The number of para-hydroxylation sites is 1. The molecule has 22 heavy (non-hydrogen) atoms. The first-order valence-corrected chi connectivity index (χ1v) is 7.84. The normalized spacial score (nSPS) is 16.4. The lowest BCUT2D eigenvalue weighted by Crippen LogP contribution is -2.45. The third kappa shape index (κ3) is 4.53. The van der Waals surface area contributed by atoms with Crippen LogP contribution in [0.25, 0.3) is 0 Å². The molecule has 120 valence electrons. The molecule has 1 aromatic carbocycles. The number of benzene rings is 1. The van der Waals surface area contributed by atoms with Crippen molar-refractivity contribution in [2.75, 3.05) is 19.6 Å². The maximum atomic E-state index is 12.1. The Morgan fingerprint density at radius 3 is 2.68 bits per heavy atom. The van der Waals surface area contributed by atoms with Crippen molar-refractivity contribution >= 4 is 11.6 Å². The van der Waals surface area contributed by atoms with Crippen molar-refractivity contribution in [3.63, 3.8) is 0 Å². The quantitative estimate of drug-likeness (QED) is 0.645. The number of rotatable bonds is 6. The van der Waals surface area contributed by atoms with Gasteiger partial charge >= 0.3 is 0 Å². The number of carbonyl (C=O) groups is 1. The van der Waals surface area contributed by atoms with Gasteiger partial charge in [0.25, 0.3) is 5.69 Å². The largest absolute Gasteiger partial charge is 0.353 e. The molecule has 1 amide bonds. The Morgan fingerprint density at radius 1 is 1.36 bits per heavy atom. The number of nitrogens with one attached hydrogen (secondary N) is 1. The highest BCUT2D eigenvalue weighted by molar-refractivity contribution is 5.80. The van der Waals surface area contributed by atoms with E-state index in [1.807, 2.05) is 0 Å². The number of hydrogen-bond acceptors (Lipinski definition) is 4. The summed E-state index contributed by atoms with van der Waals surface area (Å²) < 4.78 is 0. The molecule has 1 heterocycles. The Kier molecular flexibility index (Phi) is 5.89. The number of nitrogens with zero attached hydrogens (tertiary/aromatic N) is 2. The smallest absolute Gasteiger partial charge is 0.273 e. The zero-order valence-electron chi connectivity index (χ0n) is 13.0. The summed E-state index contributed by atoms with van der Waals surface area (Å²) in [6.45, 7) is 5.28. The number of nitro benzene ring substituents is 1. The monoisotopic (exact) mass is 305 g/mol. The summed E-state index contributed by atoms with van der Waals surface area (Å²) >= 11 is 0. The summed E-state index contributed by atoms with van der Waals surface area (Å²) in [6.07, 6.45) is 3.10. The highest BCUT2D eigenvalue weighted by Crippen LogP contribution is 2.18. The molecule has 1 saturated heterocycles. The standard InChI is InChI=1S/C16H23N3O3/c1-2-9-18-10-7-14(8-11-18)17-16(20)12-13-5-3-4-6-15(13)19(21)22/h3-6,14H,2,7-12H2,1H3,(H,17,20). The van der Waals surface area contributed by atoms with Gasteiger partial charge < -0.3 is 10.2 Å². The molecule has 1 N–H and O–H groups in total. The van der Waals surface area contributed by atoms with Crippen molar-refractivity contribution in [3.05, 3.63) is 39.9 Å². The average Bonchev–Trinajstić information content (AvgIpc) is 2.50. The molecule has 1 aliphatic rings. The van der Waals surface area contributed by atoms with Crippen LogP contribution in [0, 0.1) is 10.1 Å². The Morgan fingerprint density at radius 2 is 2.05 bits per heavy atom. The molecule has 0 bridgehead atoms. The number of likely N-dealkylation sites (tertiary alicyclic amines) is 1. The molecule has 0 saturated carbocycles. The summed E-state index contributed by atoms with van der Waals surface area (Å²) in [5.41, 5.74) is 0.476. The molecular weight excluding hydrogens is 282 g/mol. The molecule has 0 atom stereocenters. The molecule has 0 radical (unpaired) electrons. The van der Waals surface area contributed by atoms with Gasteiger partial charge in [-0.25, -0.2) is 0 Å². The zero-order chi connectivity index (χ0) is 15.9. The molecule has 0 aromatic heterocycles. The first kappa shape index (κ1) is 16.4. The Hall–Kier alpha value is -1.95. The highest BCUT2D eigenvalue weighted by Gasteiger charge is 2.21. The van der Waals surface area contributed by atoms with Gasteiger partial charge in [-0.2, -0.15) is 0 Å². The van der Waals surface area contributed by atoms with Crippen LogP contribution in [0.1, 0.15) is 31.7 Å². The molecule has 0 unspecified atom stereocenters. The van der Waals surface area contributed by atoms with Crippen molar-refractivity contribution in [1.82, 2.24) is 10.2 Å². The van der Waals surface area contributed by atoms with E-state index in [1.54, 1.807) is 18.2 Å².